The average molecular weight is 543 g/mol. The van der Waals surface area contributed by atoms with Crippen LogP contribution >= 0.6 is 0 Å². The van der Waals surface area contributed by atoms with Gasteiger partial charge >= 0.3 is 5.97 Å². The molecule has 1 fully saturated rings. The van der Waals surface area contributed by atoms with E-state index in [-0.39, 0.29) is 36.2 Å². The van der Waals surface area contributed by atoms with Gasteiger partial charge in [-0.2, -0.15) is 0 Å². The molecule has 1 aromatic carbocycles. The highest BCUT2D eigenvalue weighted by Crippen LogP contribution is 2.24. The molecule has 2 unspecified atom stereocenters. The van der Waals surface area contributed by atoms with E-state index in [2.05, 4.69) is 13.8 Å². The summed E-state index contributed by atoms with van der Waals surface area (Å²) in [6, 6.07) is 9.97. The minimum absolute atomic E-state index is 0.0109. The summed E-state index contributed by atoms with van der Waals surface area (Å²) in [5, 5.41) is 0. The van der Waals surface area contributed by atoms with Crippen LogP contribution in [0.5, 0.6) is 0 Å². The molecule has 0 aromatic heterocycles. The standard InChI is InChI=1S/C33H54N2O4/c1-4-6-7-8-9-10-11-12-13-14-18-23-32(37)35(28(3)29-20-16-15-17-21-29)26-24-31(36)34-25-19-22-30(27-34)33(38)39-5-2/h15-17,20-21,28,30H,4-14,18-19,22-27H2,1-3H3. The first-order valence-electron chi connectivity index (χ1n) is 15.8. The van der Waals surface area contributed by atoms with E-state index < -0.39 is 0 Å². The van der Waals surface area contributed by atoms with Crippen LogP contribution in [0.4, 0.5) is 0 Å². The van der Waals surface area contributed by atoms with E-state index in [1.807, 2.05) is 35.2 Å². The molecule has 1 aliphatic heterocycles. The quantitative estimate of drug-likeness (QED) is 0.134. The van der Waals surface area contributed by atoms with Crippen molar-refractivity contribution in [2.24, 2.45) is 5.92 Å². The third kappa shape index (κ3) is 12.6. The van der Waals surface area contributed by atoms with Crippen LogP contribution in [-0.2, 0) is 19.1 Å². The van der Waals surface area contributed by atoms with E-state index >= 15 is 0 Å². The van der Waals surface area contributed by atoms with Crippen molar-refractivity contribution < 1.29 is 19.1 Å². The lowest BCUT2D eigenvalue weighted by Crippen LogP contribution is -2.44. The van der Waals surface area contributed by atoms with Crippen molar-refractivity contribution in [1.82, 2.24) is 9.80 Å². The van der Waals surface area contributed by atoms with Crippen LogP contribution in [0.1, 0.15) is 129 Å². The molecular weight excluding hydrogens is 488 g/mol. The van der Waals surface area contributed by atoms with Gasteiger partial charge in [0, 0.05) is 32.5 Å². The number of carbonyl (C=O) groups excluding carboxylic acids is 3. The van der Waals surface area contributed by atoms with Crippen LogP contribution in [0, 0.1) is 5.92 Å². The summed E-state index contributed by atoms with van der Waals surface area (Å²) in [4.78, 5) is 42.3. The largest absolute Gasteiger partial charge is 0.466 e. The monoisotopic (exact) mass is 542 g/mol. The molecule has 0 bridgehead atoms. The van der Waals surface area contributed by atoms with Gasteiger partial charge in [-0.15, -0.1) is 0 Å². The average Bonchev–Trinajstić information content (AvgIpc) is 2.96. The van der Waals surface area contributed by atoms with Gasteiger partial charge in [-0.25, -0.2) is 0 Å². The molecule has 0 saturated carbocycles. The van der Waals surface area contributed by atoms with Gasteiger partial charge in [0.25, 0.3) is 0 Å². The second-order valence-corrected chi connectivity index (χ2v) is 11.1. The summed E-state index contributed by atoms with van der Waals surface area (Å²) in [6.45, 7) is 7.94. The Kier molecular flexibility index (Phi) is 16.5. The number of unbranched alkanes of at least 4 members (excludes halogenated alkanes) is 10. The van der Waals surface area contributed by atoms with Crippen molar-refractivity contribution in [2.45, 2.75) is 123 Å². The van der Waals surface area contributed by atoms with Gasteiger partial charge in [0.1, 0.15) is 0 Å². The highest BCUT2D eigenvalue weighted by molar-refractivity contribution is 5.80. The molecule has 2 atom stereocenters. The fourth-order valence-electron chi connectivity index (χ4n) is 5.56. The Hall–Kier alpha value is -2.37. The van der Waals surface area contributed by atoms with Crippen LogP contribution < -0.4 is 0 Å². The Morgan fingerprint density at radius 3 is 2.13 bits per heavy atom. The fourth-order valence-corrected chi connectivity index (χ4v) is 5.56. The lowest BCUT2D eigenvalue weighted by Gasteiger charge is -2.33. The number of amides is 2. The van der Waals surface area contributed by atoms with Crippen LogP contribution in [-0.4, -0.2) is 53.8 Å². The predicted octanol–water partition coefficient (Wildman–Crippen LogP) is 7.47. The smallest absolute Gasteiger partial charge is 0.310 e. The maximum atomic E-state index is 13.4. The van der Waals surface area contributed by atoms with E-state index in [0.717, 1.165) is 31.2 Å². The number of rotatable bonds is 19. The van der Waals surface area contributed by atoms with Crippen molar-refractivity contribution >= 4 is 17.8 Å². The second-order valence-electron chi connectivity index (χ2n) is 11.1. The number of hydrogen-bond donors (Lipinski definition) is 0. The van der Waals surface area contributed by atoms with Gasteiger partial charge in [0.2, 0.25) is 11.8 Å². The third-order valence-electron chi connectivity index (χ3n) is 8.02. The fraction of sp³-hybridized carbons (Fsp3) is 0.727. The molecule has 0 N–H and O–H groups in total. The molecule has 39 heavy (non-hydrogen) atoms. The number of benzene rings is 1. The van der Waals surface area contributed by atoms with Crippen molar-refractivity contribution in [3.63, 3.8) is 0 Å². The third-order valence-corrected chi connectivity index (χ3v) is 8.02. The van der Waals surface area contributed by atoms with E-state index in [9.17, 15) is 14.4 Å². The lowest BCUT2D eigenvalue weighted by molar-refractivity contribution is -0.151. The van der Waals surface area contributed by atoms with Gasteiger partial charge in [0.05, 0.1) is 18.6 Å². The predicted molar refractivity (Wildman–Crippen MR) is 158 cm³/mol. The normalized spacial score (nSPS) is 16.1. The Morgan fingerprint density at radius 1 is 0.897 bits per heavy atom. The van der Waals surface area contributed by atoms with Crippen LogP contribution in [0.15, 0.2) is 30.3 Å². The number of hydrogen-bond acceptors (Lipinski definition) is 4. The lowest BCUT2D eigenvalue weighted by atomic mass is 9.98. The van der Waals surface area contributed by atoms with Gasteiger partial charge in [-0.05, 0) is 38.7 Å². The van der Waals surface area contributed by atoms with Gasteiger partial charge in [-0.1, -0.05) is 101 Å². The van der Waals surface area contributed by atoms with E-state index in [1.165, 1.54) is 57.8 Å². The second kappa shape index (κ2) is 19.7. The van der Waals surface area contributed by atoms with Crippen LogP contribution in [0.25, 0.3) is 0 Å². The van der Waals surface area contributed by atoms with Gasteiger partial charge in [-0.3, -0.25) is 14.4 Å². The molecule has 220 valence electrons. The molecule has 0 radical (unpaired) electrons. The first-order valence-corrected chi connectivity index (χ1v) is 15.8. The van der Waals surface area contributed by atoms with Gasteiger partial charge < -0.3 is 14.5 Å². The number of nitrogens with zero attached hydrogens (tertiary/aromatic N) is 2. The molecule has 0 spiro atoms. The maximum Gasteiger partial charge on any atom is 0.310 e. The summed E-state index contributed by atoms with van der Waals surface area (Å²) < 4.78 is 5.18. The number of likely N-dealkylation sites (tertiary alicyclic amines) is 1. The Labute approximate surface area is 237 Å². The van der Waals surface area contributed by atoms with Crippen molar-refractivity contribution in [3.05, 3.63) is 35.9 Å². The maximum absolute atomic E-state index is 13.4. The highest BCUT2D eigenvalue weighted by Gasteiger charge is 2.30. The molecule has 2 rings (SSSR count). The van der Waals surface area contributed by atoms with Crippen molar-refractivity contribution in [1.29, 1.82) is 0 Å². The molecule has 0 aliphatic carbocycles. The van der Waals surface area contributed by atoms with Crippen molar-refractivity contribution in [3.8, 4) is 0 Å². The summed E-state index contributed by atoms with van der Waals surface area (Å²) in [6.07, 6.45) is 16.2. The zero-order valence-electron chi connectivity index (χ0n) is 25.0. The number of carbonyl (C=O) groups is 3. The van der Waals surface area contributed by atoms with E-state index in [0.29, 0.717) is 32.7 Å². The minimum atomic E-state index is -0.246. The molecule has 2 amide bonds. The molecule has 6 nitrogen and oxygen atoms in total. The SMILES string of the molecule is CCCCCCCCCCCCCC(=O)N(CCC(=O)N1CCCC(C(=O)OCC)C1)C(C)c1ccccc1. The zero-order valence-corrected chi connectivity index (χ0v) is 25.0. The number of piperidine rings is 1. The summed E-state index contributed by atoms with van der Waals surface area (Å²) in [7, 11) is 0. The molecule has 1 aromatic rings. The summed E-state index contributed by atoms with van der Waals surface area (Å²) >= 11 is 0. The summed E-state index contributed by atoms with van der Waals surface area (Å²) in [5.41, 5.74) is 1.08. The van der Waals surface area contributed by atoms with E-state index in [4.69, 9.17) is 4.74 Å². The first-order chi connectivity index (χ1) is 19.0. The highest BCUT2D eigenvalue weighted by atomic mass is 16.5. The molecule has 1 aliphatic rings. The number of esters is 1. The molecular formula is C33H54N2O4. The molecule has 1 heterocycles. The van der Waals surface area contributed by atoms with E-state index in [1.54, 1.807) is 11.8 Å². The minimum Gasteiger partial charge on any atom is -0.466 e. The first kappa shape index (κ1) is 32.8. The van der Waals surface area contributed by atoms with Crippen LogP contribution in [0.2, 0.25) is 0 Å². The Morgan fingerprint density at radius 2 is 1.51 bits per heavy atom. The topological polar surface area (TPSA) is 66.9 Å². The number of ether oxygens (including phenoxy) is 1. The Bertz CT molecular complexity index is 828. The van der Waals surface area contributed by atoms with Crippen LogP contribution in [0.3, 0.4) is 0 Å². The van der Waals surface area contributed by atoms with Crippen molar-refractivity contribution in [2.75, 3.05) is 26.2 Å². The zero-order chi connectivity index (χ0) is 28.3. The molecule has 1 saturated heterocycles. The Balaban J connectivity index is 1.82. The summed E-state index contributed by atoms with van der Waals surface area (Å²) in [5.74, 6) is -0.323. The molecule has 6 heteroatoms. The van der Waals surface area contributed by atoms with Gasteiger partial charge in [0.15, 0.2) is 0 Å².